The van der Waals surface area contributed by atoms with Crippen LogP contribution in [-0.4, -0.2) is 11.2 Å². The zero-order chi connectivity index (χ0) is 10.1. The molecule has 0 aromatic heterocycles. The van der Waals surface area contributed by atoms with Gasteiger partial charge in [0.25, 0.3) is 0 Å². The van der Waals surface area contributed by atoms with E-state index >= 15 is 0 Å². The van der Waals surface area contributed by atoms with Crippen LogP contribution in [0.5, 0.6) is 0 Å². The molecule has 0 spiro atoms. The lowest BCUT2D eigenvalue weighted by Gasteiger charge is -2.09. The lowest BCUT2D eigenvalue weighted by atomic mass is 10.2. The van der Waals surface area contributed by atoms with Crippen molar-refractivity contribution in [1.82, 2.24) is 5.32 Å². The minimum absolute atomic E-state index is 0.0268. The summed E-state index contributed by atoms with van der Waals surface area (Å²) in [6.07, 6.45) is 0. The highest BCUT2D eigenvalue weighted by Gasteiger charge is 2.29. The Morgan fingerprint density at radius 1 is 1.50 bits per heavy atom. The molecule has 0 radical (unpaired) electrons. The second-order valence-electron chi connectivity index (χ2n) is 3.22. The van der Waals surface area contributed by atoms with Gasteiger partial charge in [-0.1, -0.05) is 23.7 Å². The smallest absolute Gasteiger partial charge is 0.234 e. The molecule has 2 atom stereocenters. The predicted octanol–water partition coefficient (Wildman–Crippen LogP) is 2.59. The number of hydrogen-bond donors (Lipinski definition) is 1. The molecule has 4 heteroatoms. The maximum atomic E-state index is 11.3. The van der Waals surface area contributed by atoms with E-state index in [-0.39, 0.29) is 16.5 Å². The molecule has 1 N–H and O–H groups in total. The summed E-state index contributed by atoms with van der Waals surface area (Å²) < 4.78 is 0. The summed E-state index contributed by atoms with van der Waals surface area (Å²) in [5.41, 5.74) is 1.06. The van der Waals surface area contributed by atoms with Gasteiger partial charge in [-0.3, -0.25) is 4.79 Å². The van der Waals surface area contributed by atoms with Crippen molar-refractivity contribution in [1.29, 1.82) is 0 Å². The Bertz CT molecular complexity index is 369. The molecule has 0 aliphatic carbocycles. The molecule has 1 fully saturated rings. The van der Waals surface area contributed by atoms with Gasteiger partial charge in [-0.15, -0.1) is 11.8 Å². The van der Waals surface area contributed by atoms with Crippen LogP contribution in [0.3, 0.4) is 0 Å². The zero-order valence-electron chi connectivity index (χ0n) is 7.66. The van der Waals surface area contributed by atoms with E-state index in [2.05, 4.69) is 5.32 Å². The summed E-state index contributed by atoms with van der Waals surface area (Å²) in [6.45, 7) is 1.91. The van der Waals surface area contributed by atoms with Crippen molar-refractivity contribution in [2.75, 3.05) is 0 Å². The van der Waals surface area contributed by atoms with E-state index in [4.69, 9.17) is 11.6 Å². The number of carbonyl (C=O) groups excluding carboxylic acids is 1. The highest BCUT2D eigenvalue weighted by Crippen LogP contribution is 2.35. The highest BCUT2D eigenvalue weighted by atomic mass is 35.5. The minimum atomic E-state index is 0.0268. The lowest BCUT2D eigenvalue weighted by Crippen LogP contribution is -2.22. The first-order valence-corrected chi connectivity index (χ1v) is 5.70. The third-order valence-electron chi connectivity index (χ3n) is 2.13. The largest absolute Gasteiger partial charge is 0.339 e. The van der Waals surface area contributed by atoms with Crippen molar-refractivity contribution >= 4 is 29.3 Å². The van der Waals surface area contributed by atoms with Crippen LogP contribution in [0.15, 0.2) is 24.3 Å². The van der Waals surface area contributed by atoms with Crippen LogP contribution in [0.4, 0.5) is 0 Å². The molecule has 1 heterocycles. The molecule has 14 heavy (non-hydrogen) atoms. The van der Waals surface area contributed by atoms with E-state index in [0.717, 1.165) is 5.56 Å². The van der Waals surface area contributed by atoms with Crippen molar-refractivity contribution in [2.24, 2.45) is 0 Å². The van der Waals surface area contributed by atoms with Gasteiger partial charge in [-0.25, -0.2) is 0 Å². The Hall–Kier alpha value is -0.670. The van der Waals surface area contributed by atoms with Crippen LogP contribution in [0, 0.1) is 0 Å². The summed E-state index contributed by atoms with van der Waals surface area (Å²) in [7, 11) is 0. The Morgan fingerprint density at radius 3 is 2.86 bits per heavy atom. The fraction of sp³-hybridized carbons (Fsp3) is 0.300. The molecule has 0 saturated carbocycles. The van der Waals surface area contributed by atoms with Crippen LogP contribution in [0.25, 0.3) is 0 Å². The molecule has 2 nitrogen and oxygen atoms in total. The average Bonchev–Trinajstić information content (AvgIpc) is 2.47. The molecular formula is C10H10ClNOS. The van der Waals surface area contributed by atoms with Crippen molar-refractivity contribution in [3.05, 3.63) is 34.9 Å². The molecule has 1 aliphatic rings. The van der Waals surface area contributed by atoms with Gasteiger partial charge in [0.15, 0.2) is 0 Å². The van der Waals surface area contributed by atoms with Gasteiger partial charge >= 0.3 is 0 Å². The SMILES string of the molecule is C[C@@H]1S[C@H](c2cccc(Cl)c2)NC1=O. The fourth-order valence-electron chi connectivity index (χ4n) is 1.38. The quantitative estimate of drug-likeness (QED) is 0.799. The van der Waals surface area contributed by atoms with Gasteiger partial charge in [-0.2, -0.15) is 0 Å². The molecule has 1 aromatic rings. The maximum Gasteiger partial charge on any atom is 0.234 e. The van der Waals surface area contributed by atoms with E-state index in [1.165, 1.54) is 0 Å². The number of hydrogen-bond acceptors (Lipinski definition) is 2. The second kappa shape index (κ2) is 3.83. The number of carbonyl (C=O) groups is 1. The molecular weight excluding hydrogens is 218 g/mol. The van der Waals surface area contributed by atoms with Crippen LogP contribution < -0.4 is 5.32 Å². The summed E-state index contributed by atoms with van der Waals surface area (Å²) >= 11 is 7.49. The first-order chi connectivity index (χ1) is 6.66. The predicted molar refractivity (Wildman–Crippen MR) is 59.4 cm³/mol. The molecule has 1 saturated heterocycles. The number of halogens is 1. The normalized spacial score (nSPS) is 26.3. The third kappa shape index (κ3) is 1.88. The second-order valence-corrected chi connectivity index (χ2v) is 5.11. The Labute approximate surface area is 92.0 Å². The van der Waals surface area contributed by atoms with Crippen molar-refractivity contribution < 1.29 is 4.79 Å². The average molecular weight is 228 g/mol. The first kappa shape index (κ1) is 9.87. The van der Waals surface area contributed by atoms with E-state index in [1.54, 1.807) is 11.8 Å². The van der Waals surface area contributed by atoms with E-state index in [1.807, 2.05) is 31.2 Å². The number of nitrogens with one attached hydrogen (secondary N) is 1. The van der Waals surface area contributed by atoms with Crippen molar-refractivity contribution in [3.8, 4) is 0 Å². The first-order valence-electron chi connectivity index (χ1n) is 4.38. The van der Waals surface area contributed by atoms with Gasteiger partial charge in [0, 0.05) is 5.02 Å². The van der Waals surface area contributed by atoms with Crippen LogP contribution in [-0.2, 0) is 4.79 Å². The van der Waals surface area contributed by atoms with E-state index < -0.39 is 0 Å². The van der Waals surface area contributed by atoms with Gasteiger partial charge in [-0.05, 0) is 24.6 Å². The van der Waals surface area contributed by atoms with Gasteiger partial charge in [0.2, 0.25) is 5.91 Å². The third-order valence-corrected chi connectivity index (χ3v) is 3.65. The molecule has 74 valence electrons. The lowest BCUT2D eigenvalue weighted by molar-refractivity contribution is -0.119. The number of thioether (sulfide) groups is 1. The van der Waals surface area contributed by atoms with Gasteiger partial charge in [0.05, 0.1) is 5.25 Å². The monoisotopic (exact) mass is 227 g/mol. The standard InChI is InChI=1S/C10H10ClNOS/c1-6-9(13)12-10(14-6)7-3-2-4-8(11)5-7/h2-6,10H,1H3,(H,12,13)/t6-,10+/m0/s1. The molecule has 1 aromatic carbocycles. The molecule has 2 rings (SSSR count). The molecule has 0 unspecified atom stereocenters. The summed E-state index contributed by atoms with van der Waals surface area (Å²) in [4.78, 5) is 11.3. The Morgan fingerprint density at radius 2 is 2.29 bits per heavy atom. The molecule has 1 amide bonds. The number of amides is 1. The minimum Gasteiger partial charge on any atom is -0.339 e. The topological polar surface area (TPSA) is 29.1 Å². The van der Waals surface area contributed by atoms with Crippen LogP contribution in [0.2, 0.25) is 5.02 Å². The zero-order valence-corrected chi connectivity index (χ0v) is 9.23. The number of benzene rings is 1. The summed E-state index contributed by atoms with van der Waals surface area (Å²) in [5, 5.41) is 3.70. The summed E-state index contributed by atoms with van der Waals surface area (Å²) in [6, 6.07) is 7.59. The fourth-order valence-corrected chi connectivity index (χ4v) is 2.66. The van der Waals surface area contributed by atoms with E-state index in [9.17, 15) is 4.79 Å². The van der Waals surface area contributed by atoms with Crippen molar-refractivity contribution in [3.63, 3.8) is 0 Å². The van der Waals surface area contributed by atoms with E-state index in [0.29, 0.717) is 5.02 Å². The van der Waals surface area contributed by atoms with Gasteiger partial charge in [0.1, 0.15) is 5.37 Å². The number of rotatable bonds is 1. The highest BCUT2D eigenvalue weighted by molar-refractivity contribution is 8.01. The summed E-state index contributed by atoms with van der Waals surface area (Å²) in [5.74, 6) is 0.0972. The molecule has 0 bridgehead atoms. The maximum absolute atomic E-state index is 11.3. The van der Waals surface area contributed by atoms with Crippen LogP contribution in [0.1, 0.15) is 17.9 Å². The molecule has 1 aliphatic heterocycles. The van der Waals surface area contributed by atoms with Crippen LogP contribution >= 0.6 is 23.4 Å². The Balaban J connectivity index is 2.21. The van der Waals surface area contributed by atoms with Gasteiger partial charge < -0.3 is 5.32 Å². The Kier molecular flexibility index (Phi) is 2.70. The van der Waals surface area contributed by atoms with Crippen molar-refractivity contribution in [2.45, 2.75) is 17.5 Å².